The first-order valence-electron chi connectivity index (χ1n) is 5.74. The average Bonchev–Trinajstić information content (AvgIpc) is 2.63. The van der Waals surface area contributed by atoms with E-state index in [2.05, 4.69) is 15.9 Å². The number of benzene rings is 1. The van der Waals surface area contributed by atoms with Crippen molar-refractivity contribution in [1.29, 1.82) is 0 Å². The van der Waals surface area contributed by atoms with Crippen LogP contribution in [-0.2, 0) is 0 Å². The number of carbonyl (C=O) groups excluding carboxylic acids is 1. The summed E-state index contributed by atoms with van der Waals surface area (Å²) >= 11 is 3.20. The van der Waals surface area contributed by atoms with Crippen LogP contribution in [0.3, 0.4) is 0 Å². The van der Waals surface area contributed by atoms with Gasteiger partial charge in [-0.25, -0.2) is 4.79 Å². The number of rotatable bonds is 3. The maximum Gasteiger partial charge on any atom is 0.343 e. The Morgan fingerprint density at radius 1 is 1.05 bits per heavy atom. The predicted molar refractivity (Wildman–Crippen MR) is 78.5 cm³/mol. The number of nitro benzene ring substituents is 1. The second-order valence-corrected chi connectivity index (χ2v) is 4.89. The van der Waals surface area contributed by atoms with Crippen molar-refractivity contribution in [2.24, 2.45) is 0 Å². The zero-order valence-corrected chi connectivity index (χ0v) is 12.1. The lowest BCUT2D eigenvalue weighted by atomic mass is 10.2. The molecule has 0 saturated carbocycles. The third-order valence-corrected chi connectivity index (χ3v) is 3.08. The molecule has 0 radical (unpaired) electrons. The van der Waals surface area contributed by atoms with E-state index >= 15 is 0 Å². The minimum absolute atomic E-state index is 0.116. The van der Waals surface area contributed by atoms with Gasteiger partial charge in [0.15, 0.2) is 5.75 Å². The molecule has 0 spiro atoms. The molecule has 0 atom stereocenters. The summed E-state index contributed by atoms with van der Waals surface area (Å²) in [5.74, 6) is -0.881. The van der Waals surface area contributed by atoms with E-state index in [1.165, 1.54) is 42.5 Å². The number of carbonyl (C=O) groups is 1. The molecule has 0 heterocycles. The van der Waals surface area contributed by atoms with Crippen LogP contribution in [0.25, 0.3) is 0 Å². The topological polar surface area (TPSA) is 86.5 Å². The fourth-order valence-electron chi connectivity index (χ4n) is 1.49. The Labute approximate surface area is 127 Å². The smallest absolute Gasteiger partial charge is 0.343 e. The number of halogens is 1. The summed E-state index contributed by atoms with van der Waals surface area (Å²) in [7, 11) is 0. The van der Waals surface area contributed by atoms with Crippen LogP contribution in [0, 0.1) is 10.1 Å². The van der Waals surface area contributed by atoms with Gasteiger partial charge in [0.05, 0.1) is 10.5 Å². The first-order valence-corrected chi connectivity index (χ1v) is 6.53. The molecule has 7 heteroatoms. The highest BCUT2D eigenvalue weighted by molar-refractivity contribution is 9.10. The van der Waals surface area contributed by atoms with Crippen LogP contribution in [0.5, 0.6) is 5.75 Å². The van der Waals surface area contributed by atoms with Crippen molar-refractivity contribution >= 4 is 27.6 Å². The largest absolute Gasteiger partial charge is 0.419 e. The number of hydrogen-bond donors (Lipinski definition) is 0. The van der Waals surface area contributed by atoms with E-state index in [0.29, 0.717) is 4.47 Å². The summed E-state index contributed by atoms with van der Waals surface area (Å²) in [5.41, 5.74) is -0.465. The van der Waals surface area contributed by atoms with Crippen molar-refractivity contribution in [2.45, 2.75) is 0 Å². The summed E-state index contributed by atoms with van der Waals surface area (Å²) in [4.78, 5) is 33.5. The van der Waals surface area contributed by atoms with Crippen molar-refractivity contribution in [3.05, 3.63) is 78.9 Å². The summed E-state index contributed by atoms with van der Waals surface area (Å²) in [5, 5.41) is 10.5. The molecular weight excluding hydrogens is 342 g/mol. The van der Waals surface area contributed by atoms with Crippen LogP contribution in [0.1, 0.15) is 10.4 Å². The van der Waals surface area contributed by atoms with Crippen LogP contribution in [0.4, 0.5) is 5.69 Å². The third-order valence-electron chi connectivity index (χ3n) is 2.55. The Morgan fingerprint density at radius 2 is 1.67 bits per heavy atom. The lowest BCUT2D eigenvalue weighted by Gasteiger charge is -2.01. The molecule has 2 aromatic carbocycles. The summed E-state index contributed by atoms with van der Waals surface area (Å²) in [6.45, 7) is 0. The molecule has 0 aliphatic heterocycles. The highest BCUT2D eigenvalue weighted by Gasteiger charge is 2.12. The van der Waals surface area contributed by atoms with Crippen LogP contribution in [0.15, 0.2) is 57.8 Å². The van der Waals surface area contributed by atoms with E-state index < -0.39 is 16.3 Å². The normalized spacial score (nSPS) is 9.95. The number of ether oxygens (including phenoxy) is 1. The van der Waals surface area contributed by atoms with Gasteiger partial charge in [0.2, 0.25) is 5.43 Å². The zero-order chi connectivity index (χ0) is 15.4. The average molecular weight is 350 g/mol. The minimum Gasteiger partial charge on any atom is -0.419 e. The fourth-order valence-corrected chi connectivity index (χ4v) is 1.76. The molecule has 2 rings (SSSR count). The van der Waals surface area contributed by atoms with Gasteiger partial charge in [-0.05, 0) is 36.4 Å². The molecule has 0 N–H and O–H groups in total. The highest BCUT2D eigenvalue weighted by atomic mass is 79.9. The molecule has 0 bridgehead atoms. The van der Waals surface area contributed by atoms with Gasteiger partial charge in [0.1, 0.15) is 0 Å². The summed E-state index contributed by atoms with van der Waals surface area (Å²) < 4.78 is 5.67. The molecule has 2 aromatic rings. The number of esters is 1. The van der Waals surface area contributed by atoms with Gasteiger partial charge in [-0.15, -0.1) is 0 Å². The first kappa shape index (κ1) is 14.9. The van der Waals surface area contributed by atoms with Crippen molar-refractivity contribution in [2.75, 3.05) is 0 Å². The number of non-ortho nitro benzene ring substituents is 1. The second kappa shape index (κ2) is 6.27. The Kier molecular flexibility index (Phi) is 4.44. The minimum atomic E-state index is -0.760. The maximum atomic E-state index is 11.9. The Balaban J connectivity index is 2.24. The lowest BCUT2D eigenvalue weighted by Crippen LogP contribution is -2.13. The van der Waals surface area contributed by atoms with E-state index in [4.69, 9.17) is 4.74 Å². The molecule has 0 aromatic heterocycles. The van der Waals surface area contributed by atoms with Crippen molar-refractivity contribution < 1.29 is 14.5 Å². The molecule has 0 aliphatic rings. The molecular formula is C14H8BrNO5. The number of nitrogens with zero attached hydrogens (tertiary/aromatic N) is 1. The van der Waals surface area contributed by atoms with Gasteiger partial charge in [0, 0.05) is 16.6 Å². The van der Waals surface area contributed by atoms with Crippen LogP contribution in [0.2, 0.25) is 0 Å². The van der Waals surface area contributed by atoms with Gasteiger partial charge in [0.25, 0.3) is 5.69 Å². The molecule has 106 valence electrons. The van der Waals surface area contributed by atoms with Gasteiger partial charge >= 0.3 is 5.97 Å². The van der Waals surface area contributed by atoms with Crippen molar-refractivity contribution in [3.63, 3.8) is 0 Å². The highest BCUT2D eigenvalue weighted by Crippen LogP contribution is 2.14. The predicted octanol–water partition coefficient (Wildman–Crippen LogP) is 2.94. The molecule has 21 heavy (non-hydrogen) atoms. The molecule has 0 aliphatic carbocycles. The molecule has 0 unspecified atom stereocenters. The number of hydrogen-bond acceptors (Lipinski definition) is 5. The molecule has 0 saturated heterocycles. The van der Waals surface area contributed by atoms with Crippen LogP contribution < -0.4 is 10.2 Å². The van der Waals surface area contributed by atoms with E-state index in [0.717, 1.165) is 0 Å². The third kappa shape index (κ3) is 3.73. The summed E-state index contributed by atoms with van der Waals surface area (Å²) in [6.07, 6.45) is 0. The molecule has 6 nitrogen and oxygen atoms in total. The van der Waals surface area contributed by atoms with Crippen molar-refractivity contribution in [1.82, 2.24) is 0 Å². The second-order valence-electron chi connectivity index (χ2n) is 3.97. The number of nitro groups is 1. The van der Waals surface area contributed by atoms with Gasteiger partial charge in [-0.1, -0.05) is 15.9 Å². The maximum absolute atomic E-state index is 11.9. The fraction of sp³-hybridized carbons (Fsp3) is 0. The van der Waals surface area contributed by atoms with E-state index in [-0.39, 0.29) is 17.0 Å². The molecule has 0 amide bonds. The zero-order valence-electron chi connectivity index (χ0n) is 10.5. The van der Waals surface area contributed by atoms with Gasteiger partial charge < -0.3 is 4.74 Å². The van der Waals surface area contributed by atoms with Crippen LogP contribution in [-0.4, -0.2) is 10.9 Å². The Morgan fingerprint density at radius 3 is 2.29 bits per heavy atom. The SMILES string of the molecule is O=C(Oc1ccc(Br)ccc1=O)c1ccc([N+](=O)[O-])cc1. The lowest BCUT2D eigenvalue weighted by molar-refractivity contribution is -0.384. The standard InChI is InChI=1S/C14H8BrNO5/c15-10-3-7-12(17)13(8-4-10)21-14(18)9-1-5-11(6-2-9)16(19)20/h1-8H. The van der Waals surface area contributed by atoms with E-state index in [1.807, 2.05) is 0 Å². The Bertz CT molecular complexity index is 758. The van der Waals surface area contributed by atoms with Crippen LogP contribution >= 0.6 is 15.9 Å². The quantitative estimate of drug-likeness (QED) is 0.483. The first-order chi connectivity index (χ1) is 9.97. The van der Waals surface area contributed by atoms with Gasteiger partial charge in [-0.2, -0.15) is 0 Å². The Hall–Kier alpha value is -2.54. The van der Waals surface area contributed by atoms with E-state index in [9.17, 15) is 19.7 Å². The molecule has 0 fully saturated rings. The van der Waals surface area contributed by atoms with Gasteiger partial charge in [-0.3, -0.25) is 14.9 Å². The van der Waals surface area contributed by atoms with Crippen molar-refractivity contribution in [3.8, 4) is 5.75 Å². The van der Waals surface area contributed by atoms with E-state index in [1.54, 1.807) is 6.07 Å². The monoisotopic (exact) mass is 349 g/mol. The summed E-state index contributed by atoms with van der Waals surface area (Å²) in [6, 6.07) is 10.7.